The minimum atomic E-state index is -0.725. The lowest BCUT2D eigenvalue weighted by atomic mass is 9.99. The van der Waals surface area contributed by atoms with Gasteiger partial charge in [-0.15, -0.1) is 0 Å². The summed E-state index contributed by atoms with van der Waals surface area (Å²) in [4.78, 5) is 17.1. The van der Waals surface area contributed by atoms with Crippen LogP contribution in [0, 0.1) is 5.82 Å². The molecular formula is C21H19Cl2FN4O3. The number of amides is 2. The van der Waals surface area contributed by atoms with Gasteiger partial charge in [0.1, 0.15) is 11.9 Å². The molecule has 7 nitrogen and oxygen atoms in total. The number of carbonyl (C=O) groups excluding carboxylic acids is 1. The number of benzene rings is 1. The third kappa shape index (κ3) is 3.88. The Hall–Kier alpha value is -2.97. The molecule has 1 atom stereocenters. The van der Waals surface area contributed by atoms with Crippen LogP contribution in [0.5, 0.6) is 5.75 Å². The quantitative estimate of drug-likeness (QED) is 0.518. The number of nitrogens with two attached hydrogens (primary N) is 2. The predicted molar refractivity (Wildman–Crippen MR) is 118 cm³/mol. The van der Waals surface area contributed by atoms with Crippen LogP contribution in [0.3, 0.4) is 0 Å². The van der Waals surface area contributed by atoms with Gasteiger partial charge in [0.2, 0.25) is 5.75 Å². The Kier molecular flexibility index (Phi) is 5.68. The first-order chi connectivity index (χ1) is 14.8. The topological polar surface area (TPSA) is 108 Å². The molecule has 0 aliphatic carbocycles. The number of rotatable bonds is 4. The summed E-state index contributed by atoms with van der Waals surface area (Å²) in [5.74, 6) is -0.278. The van der Waals surface area contributed by atoms with Crippen LogP contribution in [0.15, 0.2) is 35.1 Å². The van der Waals surface area contributed by atoms with Gasteiger partial charge in [-0.25, -0.2) is 14.2 Å². The molecule has 4 rings (SSSR count). The van der Waals surface area contributed by atoms with Crippen LogP contribution >= 0.6 is 23.2 Å². The van der Waals surface area contributed by atoms with Gasteiger partial charge in [0, 0.05) is 35.4 Å². The summed E-state index contributed by atoms with van der Waals surface area (Å²) in [6.45, 7) is 2.60. The van der Waals surface area contributed by atoms with Crippen molar-refractivity contribution in [2.75, 3.05) is 18.8 Å². The number of urea groups is 1. The van der Waals surface area contributed by atoms with Crippen molar-refractivity contribution in [2.24, 2.45) is 5.73 Å². The molecular weight excluding hydrogens is 446 g/mol. The number of hydrogen-bond acceptors (Lipinski definition) is 5. The van der Waals surface area contributed by atoms with Crippen molar-refractivity contribution in [1.29, 1.82) is 0 Å². The van der Waals surface area contributed by atoms with Gasteiger partial charge in [0.05, 0.1) is 16.7 Å². The molecule has 2 aromatic heterocycles. The lowest BCUT2D eigenvalue weighted by molar-refractivity contribution is 0.213. The summed E-state index contributed by atoms with van der Waals surface area (Å²) in [7, 11) is 0. The zero-order valence-corrected chi connectivity index (χ0v) is 18.0. The number of aromatic nitrogens is 1. The summed E-state index contributed by atoms with van der Waals surface area (Å²) in [6.07, 6.45) is 5.01. The molecule has 0 saturated heterocycles. The summed E-state index contributed by atoms with van der Waals surface area (Å²) in [6, 6.07) is 2.14. The van der Waals surface area contributed by atoms with Gasteiger partial charge in [0.15, 0.2) is 11.4 Å². The van der Waals surface area contributed by atoms with Crippen molar-refractivity contribution >= 4 is 51.6 Å². The summed E-state index contributed by atoms with van der Waals surface area (Å²) in [5.41, 5.74) is 13.9. The van der Waals surface area contributed by atoms with Crippen molar-refractivity contribution in [1.82, 2.24) is 9.88 Å². The van der Waals surface area contributed by atoms with Gasteiger partial charge >= 0.3 is 6.03 Å². The molecule has 31 heavy (non-hydrogen) atoms. The minimum Gasteiger partial charge on any atom is -0.478 e. The molecule has 0 spiro atoms. The number of halogens is 3. The summed E-state index contributed by atoms with van der Waals surface area (Å²) >= 11 is 12.3. The number of furan rings is 1. The number of fused-ring (bicyclic) bond motifs is 1. The van der Waals surface area contributed by atoms with E-state index in [1.165, 1.54) is 12.1 Å². The van der Waals surface area contributed by atoms with Crippen molar-refractivity contribution in [3.8, 4) is 5.75 Å². The third-order valence-corrected chi connectivity index (χ3v) is 5.96. The highest BCUT2D eigenvalue weighted by Crippen LogP contribution is 2.41. The lowest BCUT2D eigenvalue weighted by Crippen LogP contribution is -2.38. The number of nitrogen functional groups attached to an aromatic ring is 1. The molecule has 3 aromatic rings. The average molecular weight is 465 g/mol. The fraction of sp³-hybridized carbons (Fsp3) is 0.238. The van der Waals surface area contributed by atoms with Crippen LogP contribution in [0.4, 0.5) is 15.0 Å². The highest BCUT2D eigenvalue weighted by molar-refractivity contribution is 6.36. The number of anilines is 1. The predicted octanol–water partition coefficient (Wildman–Crippen LogP) is 5.16. The molecule has 1 aliphatic heterocycles. The van der Waals surface area contributed by atoms with E-state index in [-0.39, 0.29) is 21.6 Å². The van der Waals surface area contributed by atoms with Crippen molar-refractivity contribution in [3.63, 3.8) is 0 Å². The van der Waals surface area contributed by atoms with Crippen LogP contribution < -0.4 is 16.2 Å². The second-order valence-electron chi connectivity index (χ2n) is 7.15. The van der Waals surface area contributed by atoms with Crippen LogP contribution in [0.2, 0.25) is 10.0 Å². The van der Waals surface area contributed by atoms with E-state index in [9.17, 15) is 9.18 Å². The van der Waals surface area contributed by atoms with Gasteiger partial charge in [-0.2, -0.15) is 0 Å². The highest BCUT2D eigenvalue weighted by Gasteiger charge is 2.24. The maximum atomic E-state index is 13.9. The number of primary amides is 1. The van der Waals surface area contributed by atoms with E-state index >= 15 is 0 Å². The Morgan fingerprint density at radius 3 is 2.84 bits per heavy atom. The van der Waals surface area contributed by atoms with E-state index in [1.54, 1.807) is 24.3 Å². The van der Waals surface area contributed by atoms with Crippen molar-refractivity contribution in [2.45, 2.75) is 19.4 Å². The van der Waals surface area contributed by atoms with Gasteiger partial charge in [0.25, 0.3) is 0 Å². The van der Waals surface area contributed by atoms with Gasteiger partial charge in [-0.3, -0.25) is 0 Å². The van der Waals surface area contributed by atoms with E-state index in [0.717, 1.165) is 11.1 Å². The average Bonchev–Trinajstić information content (AvgIpc) is 3.17. The first kappa shape index (κ1) is 21.3. The van der Waals surface area contributed by atoms with Crippen LogP contribution in [-0.4, -0.2) is 29.0 Å². The largest absolute Gasteiger partial charge is 0.478 e. The molecule has 1 aromatic carbocycles. The Morgan fingerprint density at radius 2 is 2.16 bits per heavy atom. The first-order valence-electron chi connectivity index (χ1n) is 9.47. The Labute approximate surface area is 187 Å². The van der Waals surface area contributed by atoms with E-state index in [4.69, 9.17) is 43.8 Å². The van der Waals surface area contributed by atoms with E-state index < -0.39 is 18.0 Å². The zero-order valence-electron chi connectivity index (χ0n) is 16.5. The number of carbonyl (C=O) groups is 1. The van der Waals surface area contributed by atoms with Crippen molar-refractivity contribution in [3.05, 3.63) is 57.7 Å². The van der Waals surface area contributed by atoms with Gasteiger partial charge in [-0.05, 0) is 31.1 Å². The fourth-order valence-corrected chi connectivity index (χ4v) is 4.29. The maximum absolute atomic E-state index is 13.9. The van der Waals surface area contributed by atoms with E-state index in [0.29, 0.717) is 36.0 Å². The SMILES string of the molecule is CC(Oc1c(N)ncc2c(C3=CCN(C(N)=O)CC3)coc12)c1c(Cl)ccc(F)c1Cl. The monoisotopic (exact) mass is 464 g/mol. The second-order valence-corrected chi connectivity index (χ2v) is 7.93. The zero-order chi connectivity index (χ0) is 22.3. The number of nitrogens with zero attached hydrogens (tertiary/aromatic N) is 2. The number of hydrogen-bond donors (Lipinski definition) is 2. The summed E-state index contributed by atoms with van der Waals surface area (Å²) in [5, 5.41) is 0.848. The Morgan fingerprint density at radius 1 is 1.39 bits per heavy atom. The van der Waals surface area contributed by atoms with E-state index in [2.05, 4.69) is 4.98 Å². The van der Waals surface area contributed by atoms with Gasteiger partial charge in [-0.1, -0.05) is 29.3 Å². The van der Waals surface area contributed by atoms with Gasteiger partial charge < -0.3 is 25.5 Å². The molecule has 162 valence electrons. The number of ether oxygens (including phenoxy) is 1. The first-order valence-corrected chi connectivity index (χ1v) is 10.2. The van der Waals surface area contributed by atoms with Crippen molar-refractivity contribution < 1.29 is 18.3 Å². The molecule has 10 heteroatoms. The Balaban J connectivity index is 1.70. The van der Waals surface area contributed by atoms with Crippen LogP contribution in [-0.2, 0) is 0 Å². The molecule has 2 amide bonds. The third-order valence-electron chi connectivity index (χ3n) is 5.25. The van der Waals surface area contributed by atoms with Crippen LogP contribution in [0.1, 0.15) is 30.6 Å². The standard InChI is InChI=1S/C21H19Cl2FN4O3/c1-10(16-14(22)2-3-15(24)17(16)23)31-19-18-12(8-27-20(19)25)13(9-30-18)11-4-6-28(7-5-11)21(26)29/h2-4,8-10H,5-7H2,1H3,(H2,25,27)(H2,26,29). The molecule has 3 heterocycles. The van der Waals surface area contributed by atoms with Crippen LogP contribution in [0.25, 0.3) is 16.5 Å². The summed E-state index contributed by atoms with van der Waals surface area (Å²) < 4.78 is 25.7. The highest BCUT2D eigenvalue weighted by atomic mass is 35.5. The molecule has 0 bridgehead atoms. The molecule has 0 saturated carbocycles. The number of pyridine rings is 1. The molecule has 0 radical (unpaired) electrons. The normalized spacial score (nSPS) is 15.1. The fourth-order valence-electron chi connectivity index (χ4n) is 3.61. The minimum absolute atomic E-state index is 0.112. The second kappa shape index (κ2) is 8.28. The molecule has 1 unspecified atom stereocenters. The Bertz CT molecular complexity index is 1210. The molecule has 1 aliphatic rings. The maximum Gasteiger partial charge on any atom is 0.315 e. The molecule has 0 fully saturated rings. The lowest BCUT2D eigenvalue weighted by Gasteiger charge is -2.24. The smallest absolute Gasteiger partial charge is 0.315 e. The molecule has 4 N–H and O–H groups in total. The van der Waals surface area contributed by atoms with E-state index in [1.807, 2.05) is 6.08 Å².